The highest BCUT2D eigenvalue weighted by Gasteiger charge is 2.40. The monoisotopic (exact) mass is 991 g/mol. The number of rotatable bonds is 7. The second-order valence-corrected chi connectivity index (χ2v) is 15.8. The fraction of sp³-hybridized carbons (Fsp3) is 0.229. The van der Waals surface area contributed by atoms with Crippen LogP contribution in [0.25, 0.3) is 33.4 Å². The van der Waals surface area contributed by atoms with Gasteiger partial charge in [0, 0.05) is 0 Å². The average molecular weight is 992 g/mol. The minimum Gasteiger partial charge on any atom is -0.251 e. The number of nitrogens with zero attached hydrogens (tertiary/aromatic N) is 3. The highest BCUT2D eigenvalue weighted by atomic mass is 19.4. The smallest absolute Gasteiger partial charge is 0.251 e. The van der Waals surface area contributed by atoms with E-state index in [0.717, 1.165) is 19.1 Å². The van der Waals surface area contributed by atoms with E-state index in [0.29, 0.717) is 47.5 Å². The fourth-order valence-corrected chi connectivity index (χ4v) is 7.32. The maximum Gasteiger partial charge on any atom is 0.416 e. The first-order valence-corrected chi connectivity index (χ1v) is 19.7. The van der Waals surface area contributed by atoms with Gasteiger partial charge in [0.1, 0.15) is 0 Å². The SMILES string of the molecule is CC(=Nc1cc(-c2cc(C(F)(F)F)cc(C(F)(F)F)c2)c(C)c(-c2cc(C(F)(F)F)cc(C(F)(F)F)c2)c1)c1cccc(C(C)=Nc2c(C)cc(-c3cc(C(F)(F)F)cc(C(F)(F)F)c3)cc2C)n1. The largest absolute Gasteiger partial charge is 0.416 e. The number of alkyl halides is 18. The molecule has 0 saturated heterocycles. The maximum atomic E-state index is 14.0. The van der Waals surface area contributed by atoms with Crippen LogP contribution in [0, 0.1) is 20.8 Å². The van der Waals surface area contributed by atoms with E-state index < -0.39 is 92.7 Å². The van der Waals surface area contributed by atoms with E-state index >= 15 is 0 Å². The van der Waals surface area contributed by atoms with Gasteiger partial charge in [-0.25, -0.2) is 4.98 Å². The number of benzene rings is 5. The van der Waals surface area contributed by atoms with Crippen LogP contribution in [0.3, 0.4) is 0 Å². The summed E-state index contributed by atoms with van der Waals surface area (Å²) >= 11 is 0. The van der Waals surface area contributed by atoms with Crippen LogP contribution in [0.1, 0.15) is 75.3 Å². The van der Waals surface area contributed by atoms with Gasteiger partial charge in [0.2, 0.25) is 0 Å². The molecule has 3 nitrogen and oxygen atoms in total. The minimum absolute atomic E-state index is 0.00159. The van der Waals surface area contributed by atoms with Gasteiger partial charge in [-0.05, 0) is 176 Å². The number of hydrogen-bond donors (Lipinski definition) is 0. The summed E-state index contributed by atoms with van der Waals surface area (Å²) in [7, 11) is 0. The van der Waals surface area contributed by atoms with Crippen LogP contribution >= 0.6 is 0 Å². The summed E-state index contributed by atoms with van der Waals surface area (Å²) in [6.45, 7) is 6.96. The molecule has 0 unspecified atom stereocenters. The number of pyridine rings is 1. The normalized spacial score (nSPS) is 13.6. The van der Waals surface area contributed by atoms with Gasteiger partial charge >= 0.3 is 37.1 Å². The van der Waals surface area contributed by atoms with Crippen molar-refractivity contribution < 1.29 is 79.0 Å². The Hall–Kier alpha value is -6.67. The molecular weight excluding hydrogens is 961 g/mol. The Kier molecular flexibility index (Phi) is 13.5. The molecule has 0 saturated carbocycles. The number of aromatic nitrogens is 1. The first kappa shape index (κ1) is 51.7. The predicted octanol–water partition coefficient (Wildman–Crippen LogP) is 17.4. The number of halogens is 18. The Morgan fingerprint density at radius 2 is 0.667 bits per heavy atom. The standard InChI is InChI=1S/C48H31F18N3/c1-22-9-27(28-11-31(43(49,50)51)17-32(12-28)44(52,53)54)10-23(2)42(22)68-26(5)41-8-6-7-40(69-41)25(4)67-37-20-38(29-13-33(45(55,56)57)18-34(14-29)46(58,59)60)24(3)39(21-37)30-15-35(47(61,62)63)19-36(16-30)48(64,65)66/h6-21H,1-5H3. The first-order valence-electron chi connectivity index (χ1n) is 19.7. The molecule has 21 heteroatoms. The van der Waals surface area contributed by atoms with Gasteiger partial charge in [0.25, 0.3) is 0 Å². The molecule has 0 aliphatic rings. The minimum atomic E-state index is -5.34. The van der Waals surface area contributed by atoms with E-state index in [1.54, 1.807) is 0 Å². The summed E-state index contributed by atoms with van der Waals surface area (Å²) in [4.78, 5) is 13.5. The van der Waals surface area contributed by atoms with E-state index in [9.17, 15) is 79.0 Å². The van der Waals surface area contributed by atoms with Crippen molar-refractivity contribution in [3.63, 3.8) is 0 Å². The van der Waals surface area contributed by atoms with Crippen molar-refractivity contribution in [3.8, 4) is 33.4 Å². The van der Waals surface area contributed by atoms with Crippen molar-refractivity contribution >= 4 is 22.8 Å². The molecule has 0 radical (unpaired) electrons. The summed E-state index contributed by atoms with van der Waals surface area (Å²) in [6.07, 6.45) is -31.5. The molecule has 1 heterocycles. The van der Waals surface area contributed by atoms with Gasteiger partial charge in [-0.15, -0.1) is 0 Å². The van der Waals surface area contributed by atoms with E-state index in [4.69, 9.17) is 0 Å². The highest BCUT2D eigenvalue weighted by Crippen LogP contribution is 2.45. The Balaban J connectivity index is 1.48. The van der Waals surface area contributed by atoms with E-state index in [1.807, 2.05) is 0 Å². The third-order valence-corrected chi connectivity index (χ3v) is 10.7. The molecular formula is C48H31F18N3. The number of aliphatic imine (C=N–C) groups is 2. The van der Waals surface area contributed by atoms with Crippen LogP contribution in [-0.4, -0.2) is 16.4 Å². The van der Waals surface area contributed by atoms with Crippen molar-refractivity contribution in [1.29, 1.82) is 0 Å². The van der Waals surface area contributed by atoms with Gasteiger partial charge in [0.15, 0.2) is 0 Å². The zero-order valence-electron chi connectivity index (χ0n) is 35.9. The number of hydrogen-bond acceptors (Lipinski definition) is 3. The Morgan fingerprint density at radius 1 is 0.377 bits per heavy atom. The lowest BCUT2D eigenvalue weighted by Gasteiger charge is -2.19. The van der Waals surface area contributed by atoms with Gasteiger partial charge in [0.05, 0.1) is 67.6 Å². The topological polar surface area (TPSA) is 37.6 Å². The molecule has 6 rings (SSSR count). The molecule has 0 atom stereocenters. The summed E-state index contributed by atoms with van der Waals surface area (Å²) in [5.74, 6) is 0. The molecule has 0 spiro atoms. The lowest BCUT2D eigenvalue weighted by atomic mass is 9.89. The maximum absolute atomic E-state index is 14.0. The summed E-state index contributed by atoms with van der Waals surface area (Å²) < 4.78 is 249. The Labute approximate surface area is 379 Å². The van der Waals surface area contributed by atoms with Crippen molar-refractivity contribution in [2.24, 2.45) is 9.98 Å². The van der Waals surface area contributed by atoms with Crippen molar-refractivity contribution in [1.82, 2.24) is 4.98 Å². The zero-order chi connectivity index (χ0) is 51.6. The number of aryl methyl sites for hydroxylation is 2. The van der Waals surface area contributed by atoms with Gasteiger partial charge in [-0.2, -0.15) is 79.0 Å². The second-order valence-electron chi connectivity index (χ2n) is 15.8. The molecule has 0 fully saturated rings. The first-order chi connectivity index (χ1) is 31.5. The molecule has 0 N–H and O–H groups in total. The molecule has 0 aliphatic heterocycles. The van der Waals surface area contributed by atoms with E-state index in [1.165, 1.54) is 58.0 Å². The van der Waals surface area contributed by atoms with E-state index in [-0.39, 0.29) is 69.1 Å². The molecule has 364 valence electrons. The zero-order valence-corrected chi connectivity index (χ0v) is 35.9. The summed E-state index contributed by atoms with van der Waals surface area (Å²) in [6, 6.07) is 11.3. The molecule has 0 amide bonds. The molecule has 69 heavy (non-hydrogen) atoms. The molecule has 0 aliphatic carbocycles. The molecule has 0 bridgehead atoms. The van der Waals surface area contributed by atoms with Gasteiger partial charge in [-0.1, -0.05) is 6.07 Å². The van der Waals surface area contributed by atoms with Crippen molar-refractivity contribution in [2.75, 3.05) is 0 Å². The van der Waals surface area contributed by atoms with Crippen LogP contribution in [0.5, 0.6) is 0 Å². The summed E-state index contributed by atoms with van der Waals surface area (Å²) in [5.41, 5.74) is -12.1. The lowest BCUT2D eigenvalue weighted by molar-refractivity contribution is -0.144. The Morgan fingerprint density at radius 3 is 0.986 bits per heavy atom. The van der Waals surface area contributed by atoms with Crippen molar-refractivity contribution in [3.05, 3.63) is 159 Å². The van der Waals surface area contributed by atoms with Crippen LogP contribution in [0.4, 0.5) is 90.4 Å². The third kappa shape index (κ3) is 11.8. The van der Waals surface area contributed by atoms with E-state index in [2.05, 4.69) is 15.0 Å². The third-order valence-electron chi connectivity index (χ3n) is 10.7. The van der Waals surface area contributed by atoms with Gasteiger partial charge < -0.3 is 0 Å². The summed E-state index contributed by atoms with van der Waals surface area (Å²) in [5, 5.41) is 0. The average Bonchev–Trinajstić information content (AvgIpc) is 3.23. The molecule has 5 aromatic carbocycles. The predicted molar refractivity (Wildman–Crippen MR) is 221 cm³/mol. The molecule has 6 aromatic rings. The highest BCUT2D eigenvalue weighted by molar-refractivity contribution is 6.03. The van der Waals surface area contributed by atoms with Gasteiger partial charge in [-0.3, -0.25) is 9.98 Å². The second kappa shape index (κ2) is 18.0. The van der Waals surface area contributed by atoms with Crippen LogP contribution in [0.15, 0.2) is 107 Å². The Bertz CT molecular complexity index is 2800. The molecule has 1 aromatic heterocycles. The quantitative estimate of drug-likeness (QED) is 0.116. The van der Waals surface area contributed by atoms with Crippen molar-refractivity contribution in [2.45, 2.75) is 71.7 Å². The fourth-order valence-electron chi connectivity index (χ4n) is 7.32. The lowest BCUT2D eigenvalue weighted by Crippen LogP contribution is -2.11. The van der Waals surface area contributed by atoms with Crippen LogP contribution < -0.4 is 0 Å². The van der Waals surface area contributed by atoms with Crippen LogP contribution in [0.2, 0.25) is 0 Å². The van der Waals surface area contributed by atoms with Crippen LogP contribution in [-0.2, 0) is 37.1 Å².